The van der Waals surface area contributed by atoms with E-state index >= 15 is 0 Å². The van der Waals surface area contributed by atoms with Crippen LogP contribution < -0.4 is 0 Å². The van der Waals surface area contributed by atoms with E-state index < -0.39 is 26.1 Å². The van der Waals surface area contributed by atoms with Crippen molar-refractivity contribution in [3.63, 3.8) is 0 Å². The average Bonchev–Trinajstić information content (AvgIpc) is 3.10. The van der Waals surface area contributed by atoms with Crippen LogP contribution >= 0.6 is 15.2 Å². The molecule has 2 N–H and O–H groups in total. The first kappa shape index (κ1) is 50.8. The quantitative estimate of drug-likeness (QED) is 0.0359. The number of esters is 1. The van der Waals surface area contributed by atoms with Gasteiger partial charge in [-0.3, -0.25) is 13.9 Å². The van der Waals surface area contributed by atoms with E-state index in [-0.39, 0.29) is 19.8 Å². The van der Waals surface area contributed by atoms with Crippen LogP contribution in [0.4, 0.5) is 0 Å². The van der Waals surface area contributed by atoms with Gasteiger partial charge in [-0.05, 0) is 26.7 Å². The van der Waals surface area contributed by atoms with Gasteiger partial charge in [0.2, 0.25) is 0 Å². The largest absolute Gasteiger partial charge is 0.465 e. The molecule has 51 heavy (non-hydrogen) atoms. The first-order valence-corrected chi connectivity index (χ1v) is 24.9. The Bertz CT molecular complexity index is 826. The lowest BCUT2D eigenvalue weighted by Crippen LogP contribution is -2.38. The molecule has 306 valence electrons. The van der Waals surface area contributed by atoms with Gasteiger partial charge in [0, 0.05) is 0 Å². The van der Waals surface area contributed by atoms with Crippen molar-refractivity contribution in [1.82, 2.24) is 0 Å². The molecule has 0 aromatic rings. The van der Waals surface area contributed by atoms with Crippen LogP contribution in [0.25, 0.3) is 0 Å². The van der Waals surface area contributed by atoms with Gasteiger partial charge in [0.1, 0.15) is 0 Å². The molecular weight excluding hydrogens is 682 g/mol. The lowest BCUT2D eigenvalue weighted by molar-refractivity contribution is -0.144. The van der Waals surface area contributed by atoms with Crippen LogP contribution in [0.1, 0.15) is 233 Å². The molecular formula is C41H84O8P2. The molecule has 0 radical (unpaired) electrons. The Labute approximate surface area is 315 Å². The second-order valence-corrected chi connectivity index (χ2v) is 19.8. The van der Waals surface area contributed by atoms with E-state index in [0.717, 1.165) is 45.4 Å². The average molecular weight is 767 g/mol. The number of carbonyl (C=O) groups is 1. The lowest BCUT2D eigenvalue weighted by Gasteiger charge is -2.33. The molecule has 0 saturated carbocycles. The summed E-state index contributed by atoms with van der Waals surface area (Å²) in [6, 6.07) is 0. The van der Waals surface area contributed by atoms with E-state index in [1.165, 1.54) is 161 Å². The minimum Gasteiger partial charge on any atom is -0.465 e. The van der Waals surface area contributed by atoms with Crippen LogP contribution in [0, 0.1) is 0 Å². The van der Waals surface area contributed by atoms with Gasteiger partial charge in [-0.15, -0.1) is 0 Å². The maximum absolute atomic E-state index is 13.4. The molecule has 0 fully saturated rings. The highest BCUT2D eigenvalue weighted by Gasteiger charge is 2.66. The van der Waals surface area contributed by atoms with Crippen LogP contribution in [0.2, 0.25) is 0 Å². The Kier molecular flexibility index (Phi) is 34.1. The molecule has 10 heteroatoms. The summed E-state index contributed by atoms with van der Waals surface area (Å²) in [4.78, 5) is 31.9. The fraction of sp³-hybridized carbons (Fsp3) is 0.976. The van der Waals surface area contributed by atoms with E-state index in [1.807, 2.05) is 0 Å². The minimum absolute atomic E-state index is 0.0830. The summed E-state index contributed by atoms with van der Waals surface area (Å²) >= 11 is 0. The van der Waals surface area contributed by atoms with E-state index in [9.17, 15) is 23.7 Å². The molecule has 0 rings (SSSR count). The molecule has 0 aromatic carbocycles. The normalized spacial score (nSPS) is 15.3. The predicted octanol–water partition coefficient (Wildman–Crippen LogP) is 14.2. The number of hydrogen-bond donors (Lipinski definition) is 2. The molecule has 0 saturated heterocycles. The van der Waals surface area contributed by atoms with Crippen LogP contribution in [0.5, 0.6) is 0 Å². The Morgan fingerprint density at radius 1 is 0.431 bits per heavy atom. The van der Waals surface area contributed by atoms with Crippen molar-refractivity contribution < 1.29 is 37.5 Å². The number of hydrogen-bond acceptors (Lipinski definition) is 6. The van der Waals surface area contributed by atoms with Gasteiger partial charge in [-0.25, -0.2) is 0 Å². The van der Waals surface area contributed by atoms with E-state index in [1.54, 1.807) is 0 Å². The van der Waals surface area contributed by atoms with Crippen LogP contribution in [0.15, 0.2) is 0 Å². The summed E-state index contributed by atoms with van der Waals surface area (Å²) in [6.07, 6.45) is 38.7. The van der Waals surface area contributed by atoms with Gasteiger partial charge < -0.3 is 23.6 Å². The molecule has 0 aliphatic rings. The number of carbonyl (C=O) groups excluding carboxylic acids is 1. The highest BCUT2D eigenvalue weighted by atomic mass is 31.2. The fourth-order valence-electron chi connectivity index (χ4n) is 6.59. The first-order valence-electron chi connectivity index (χ1n) is 21.7. The Balaban J connectivity index is 4.22. The van der Waals surface area contributed by atoms with Crippen molar-refractivity contribution in [2.45, 2.75) is 238 Å². The molecule has 0 heterocycles. The Morgan fingerprint density at radius 3 is 0.863 bits per heavy atom. The highest BCUT2D eigenvalue weighted by Crippen LogP contribution is 2.73. The van der Waals surface area contributed by atoms with E-state index in [4.69, 9.17) is 13.8 Å². The third-order valence-corrected chi connectivity index (χ3v) is 15.4. The topological polar surface area (TPSA) is 119 Å². The van der Waals surface area contributed by atoms with Gasteiger partial charge >= 0.3 is 21.2 Å². The molecule has 0 aliphatic heterocycles. The maximum atomic E-state index is 13.4. The van der Waals surface area contributed by atoms with Crippen molar-refractivity contribution in [3.05, 3.63) is 0 Å². The van der Waals surface area contributed by atoms with Gasteiger partial charge in [0.05, 0.1) is 19.8 Å². The van der Waals surface area contributed by atoms with E-state index in [2.05, 4.69) is 13.8 Å². The molecule has 0 amide bonds. The van der Waals surface area contributed by atoms with Crippen molar-refractivity contribution in [2.24, 2.45) is 0 Å². The summed E-state index contributed by atoms with van der Waals surface area (Å²) in [5.41, 5.74) is 0. The number of rotatable bonds is 40. The zero-order valence-corrected chi connectivity index (χ0v) is 35.8. The predicted molar refractivity (Wildman–Crippen MR) is 216 cm³/mol. The van der Waals surface area contributed by atoms with Gasteiger partial charge in [-0.1, -0.05) is 206 Å². The monoisotopic (exact) mass is 767 g/mol. The van der Waals surface area contributed by atoms with Crippen molar-refractivity contribution in [2.75, 3.05) is 19.8 Å². The van der Waals surface area contributed by atoms with Crippen molar-refractivity contribution in [3.8, 4) is 0 Å². The highest BCUT2D eigenvalue weighted by molar-refractivity contribution is 7.75. The minimum atomic E-state index is -4.92. The van der Waals surface area contributed by atoms with E-state index in [0.29, 0.717) is 12.8 Å². The zero-order chi connectivity index (χ0) is 37.9. The maximum Gasteiger partial charge on any atom is 0.357 e. The Hall–Kier alpha value is -0.230. The molecule has 0 aliphatic carbocycles. The molecule has 8 nitrogen and oxygen atoms in total. The van der Waals surface area contributed by atoms with Crippen LogP contribution in [-0.4, -0.2) is 40.5 Å². The standard InChI is InChI=1S/C41H84O8P2/c1-5-8-10-12-14-16-18-20-22-24-26-28-30-32-34-36-38-48-50(43,44)41(4,40(42)47-7-3)51(45,46)49-39-37-35-33-31-29-27-25-23-21-19-17-15-13-11-9-6-2/h5-39H2,1-4H3,(H,43,44)(H,45,46). The van der Waals surface area contributed by atoms with Crippen LogP contribution in [-0.2, 0) is 27.7 Å². The van der Waals surface area contributed by atoms with Crippen molar-refractivity contribution in [1.29, 1.82) is 0 Å². The third-order valence-electron chi connectivity index (χ3n) is 10.3. The summed E-state index contributed by atoms with van der Waals surface area (Å²) < 4.78 is 42.3. The van der Waals surface area contributed by atoms with Crippen LogP contribution in [0.3, 0.4) is 0 Å². The summed E-state index contributed by atoms with van der Waals surface area (Å²) in [5.74, 6) is -1.25. The molecule has 0 spiro atoms. The first-order chi connectivity index (χ1) is 24.6. The molecule has 0 bridgehead atoms. The Morgan fingerprint density at radius 2 is 0.647 bits per heavy atom. The summed E-state index contributed by atoms with van der Waals surface area (Å²) in [6.45, 7) is 6.75. The number of ether oxygens (including phenoxy) is 1. The van der Waals surface area contributed by atoms with Gasteiger partial charge in [0.15, 0.2) is 0 Å². The second-order valence-electron chi connectivity index (χ2n) is 15.1. The zero-order valence-electron chi connectivity index (χ0n) is 34.0. The summed E-state index contributed by atoms with van der Waals surface area (Å²) in [5, 5.41) is 0. The molecule has 2 atom stereocenters. The van der Waals surface area contributed by atoms with Gasteiger partial charge in [0.25, 0.3) is 4.90 Å². The molecule has 0 aromatic heterocycles. The fourth-order valence-corrected chi connectivity index (χ4v) is 10.1. The third kappa shape index (κ3) is 25.5. The summed E-state index contributed by atoms with van der Waals surface area (Å²) in [7, 11) is -9.83. The molecule has 2 unspecified atom stereocenters. The smallest absolute Gasteiger partial charge is 0.357 e. The van der Waals surface area contributed by atoms with Gasteiger partial charge in [-0.2, -0.15) is 0 Å². The number of unbranched alkanes of at least 4 members (excludes halogenated alkanes) is 30. The SMILES string of the molecule is CCCCCCCCCCCCCCCCCCOP(=O)(O)C(C)(C(=O)OCC)P(=O)(O)OCCCCCCCCCCCCCCCCCC. The van der Waals surface area contributed by atoms with Crippen molar-refractivity contribution >= 4 is 21.2 Å². The second kappa shape index (κ2) is 34.3. The lowest BCUT2D eigenvalue weighted by atomic mass is 10.0.